The van der Waals surface area contributed by atoms with Gasteiger partial charge in [-0.3, -0.25) is 0 Å². The third-order valence-electron chi connectivity index (χ3n) is 8.12. The third kappa shape index (κ3) is 7.11. The Labute approximate surface area is 251 Å². The summed E-state index contributed by atoms with van der Waals surface area (Å²) in [5.41, 5.74) is 4.23. The van der Waals surface area contributed by atoms with Crippen LogP contribution in [0.15, 0.2) is 109 Å². The molecule has 8 heteroatoms. The zero-order chi connectivity index (χ0) is 30.3. The molecule has 1 aliphatic rings. The number of benzene rings is 4. The van der Waals surface area contributed by atoms with Gasteiger partial charge in [0.15, 0.2) is 0 Å². The van der Waals surface area contributed by atoms with Gasteiger partial charge in [0.1, 0.15) is 12.2 Å². The number of aromatic carboxylic acids is 1. The van der Waals surface area contributed by atoms with Crippen LogP contribution in [0.4, 0.5) is 4.79 Å². The van der Waals surface area contributed by atoms with E-state index in [0.717, 1.165) is 22.3 Å². The number of nitrogens with zero attached hydrogens (tertiary/aromatic N) is 2. The number of carbonyl (C=O) groups excluding carboxylic acids is 1. The molecule has 4 aromatic rings. The van der Waals surface area contributed by atoms with Gasteiger partial charge in [0.25, 0.3) is 0 Å². The van der Waals surface area contributed by atoms with E-state index in [-0.39, 0.29) is 31.3 Å². The number of hydrogen-bond donors (Lipinski definition) is 4. The summed E-state index contributed by atoms with van der Waals surface area (Å²) in [5, 5.41) is 42.4. The van der Waals surface area contributed by atoms with Crippen LogP contribution in [0.25, 0.3) is 0 Å². The van der Waals surface area contributed by atoms with Crippen molar-refractivity contribution in [3.05, 3.63) is 143 Å². The van der Waals surface area contributed by atoms with Gasteiger partial charge in [0, 0.05) is 13.1 Å². The van der Waals surface area contributed by atoms with Crippen LogP contribution < -0.4 is 0 Å². The number of carboxylic acid groups (broad SMARTS) is 1. The first-order chi connectivity index (χ1) is 20.8. The van der Waals surface area contributed by atoms with Gasteiger partial charge in [-0.15, -0.1) is 0 Å². The van der Waals surface area contributed by atoms with Crippen molar-refractivity contribution < 1.29 is 30.0 Å². The van der Waals surface area contributed by atoms with E-state index in [9.17, 15) is 30.0 Å². The summed E-state index contributed by atoms with van der Waals surface area (Å²) in [6.07, 6.45) is -1.87. The number of rotatable bonds is 10. The largest absolute Gasteiger partial charge is 0.478 e. The maximum absolute atomic E-state index is 14.6. The normalized spacial score (nSPS) is 20.6. The highest BCUT2D eigenvalue weighted by atomic mass is 16.4. The number of urea groups is 1. The number of aliphatic hydroxyl groups excluding tert-OH is 3. The second-order valence-electron chi connectivity index (χ2n) is 11.0. The fourth-order valence-corrected chi connectivity index (χ4v) is 5.71. The molecule has 1 aliphatic heterocycles. The molecule has 4 N–H and O–H groups in total. The predicted molar refractivity (Wildman–Crippen MR) is 162 cm³/mol. The number of aliphatic hydroxyl groups is 3. The summed E-state index contributed by atoms with van der Waals surface area (Å²) in [5.74, 6) is -1.04. The van der Waals surface area contributed by atoms with Crippen LogP contribution in [0.2, 0.25) is 0 Å². The van der Waals surface area contributed by atoms with Crippen LogP contribution in [0.3, 0.4) is 0 Å². The first-order valence-electron chi connectivity index (χ1n) is 14.4. The summed E-state index contributed by atoms with van der Waals surface area (Å²) in [6.45, 7) is 0.191. The lowest BCUT2D eigenvalue weighted by Gasteiger charge is -2.36. The van der Waals surface area contributed by atoms with Gasteiger partial charge in [-0.05, 0) is 52.8 Å². The SMILES string of the molecule is O=C(O)c1ccc(CN2C(=O)N(Cc3ccc(CO)cc3)[C@H](Cc3ccccc3)[C@H](O)[C@@H](O)[C@H]2Cc2ccccc2)cc1. The van der Waals surface area contributed by atoms with Gasteiger partial charge in [-0.25, -0.2) is 9.59 Å². The molecule has 2 amide bonds. The lowest BCUT2D eigenvalue weighted by Crippen LogP contribution is -2.50. The molecule has 8 nitrogen and oxygen atoms in total. The quantitative estimate of drug-likeness (QED) is 0.223. The van der Waals surface area contributed by atoms with E-state index < -0.39 is 30.3 Å². The standard InChI is InChI=1S/C35H36N2O6/c38-23-28-13-11-26(12-14-28)21-36-30(19-24-7-3-1-4-8-24)32(39)33(40)31(20-25-9-5-2-6-10-25)37(35(36)43)22-27-15-17-29(18-16-27)34(41)42/h1-18,30-33,38-40H,19-23H2,(H,41,42)/t30-,31-,32+,33+/m1/s1. The second-order valence-corrected chi connectivity index (χ2v) is 11.0. The summed E-state index contributed by atoms with van der Waals surface area (Å²) in [4.78, 5) is 29.3. The lowest BCUT2D eigenvalue weighted by atomic mass is 9.91. The monoisotopic (exact) mass is 580 g/mol. The van der Waals surface area contributed by atoms with Crippen LogP contribution >= 0.6 is 0 Å². The maximum Gasteiger partial charge on any atom is 0.335 e. The molecule has 222 valence electrons. The van der Waals surface area contributed by atoms with Crippen molar-refractivity contribution in [2.24, 2.45) is 0 Å². The second kappa shape index (κ2) is 13.6. The van der Waals surface area contributed by atoms with Crippen LogP contribution in [0.1, 0.15) is 38.2 Å². The Morgan fingerprint density at radius 3 is 1.37 bits per heavy atom. The van der Waals surface area contributed by atoms with E-state index in [1.807, 2.05) is 72.8 Å². The van der Waals surface area contributed by atoms with E-state index in [1.165, 1.54) is 12.1 Å². The average Bonchev–Trinajstić information content (AvgIpc) is 3.10. The van der Waals surface area contributed by atoms with Gasteiger partial charge in [-0.2, -0.15) is 0 Å². The fourth-order valence-electron chi connectivity index (χ4n) is 5.71. The topological polar surface area (TPSA) is 122 Å². The Hall–Kier alpha value is -4.50. The van der Waals surface area contributed by atoms with Crippen LogP contribution in [0.5, 0.6) is 0 Å². The van der Waals surface area contributed by atoms with Crippen LogP contribution in [0, 0.1) is 0 Å². The highest BCUT2D eigenvalue weighted by Crippen LogP contribution is 2.30. The molecule has 1 saturated heterocycles. The Kier molecular flexibility index (Phi) is 9.51. The maximum atomic E-state index is 14.6. The van der Waals surface area contributed by atoms with Crippen molar-refractivity contribution in [3.63, 3.8) is 0 Å². The molecule has 0 unspecified atom stereocenters. The van der Waals surface area contributed by atoms with Gasteiger partial charge < -0.3 is 30.2 Å². The van der Waals surface area contributed by atoms with E-state index in [4.69, 9.17) is 0 Å². The molecule has 0 aromatic heterocycles. The molecule has 1 heterocycles. The molecule has 5 rings (SSSR count). The zero-order valence-electron chi connectivity index (χ0n) is 23.7. The van der Waals surface area contributed by atoms with Crippen molar-refractivity contribution in [1.82, 2.24) is 9.80 Å². The van der Waals surface area contributed by atoms with Gasteiger partial charge in [0.05, 0.1) is 24.3 Å². The first-order valence-corrected chi connectivity index (χ1v) is 14.4. The average molecular weight is 581 g/mol. The lowest BCUT2D eigenvalue weighted by molar-refractivity contribution is -0.0408. The minimum absolute atomic E-state index is 0.0971. The molecule has 4 atom stereocenters. The van der Waals surface area contributed by atoms with Gasteiger partial charge in [-0.1, -0.05) is 97.1 Å². The molecule has 4 aromatic carbocycles. The van der Waals surface area contributed by atoms with Crippen LogP contribution in [-0.2, 0) is 32.5 Å². The Balaban J connectivity index is 1.57. The van der Waals surface area contributed by atoms with Gasteiger partial charge in [0.2, 0.25) is 0 Å². The number of amides is 2. The van der Waals surface area contributed by atoms with Crippen molar-refractivity contribution in [3.8, 4) is 0 Å². The summed E-state index contributed by atoms with van der Waals surface area (Å²) in [6, 6.07) is 30.9. The molecular formula is C35H36N2O6. The molecule has 0 bridgehead atoms. The predicted octanol–water partition coefficient (Wildman–Crippen LogP) is 4.26. The molecular weight excluding hydrogens is 544 g/mol. The van der Waals surface area contributed by atoms with Crippen molar-refractivity contribution in [2.75, 3.05) is 0 Å². The van der Waals surface area contributed by atoms with Crippen molar-refractivity contribution >= 4 is 12.0 Å². The van der Waals surface area contributed by atoms with Crippen molar-refractivity contribution in [2.45, 2.75) is 56.8 Å². The van der Waals surface area contributed by atoms with E-state index in [2.05, 4.69) is 0 Å². The number of hydrogen-bond acceptors (Lipinski definition) is 5. The Morgan fingerprint density at radius 2 is 0.977 bits per heavy atom. The van der Waals surface area contributed by atoms with E-state index >= 15 is 0 Å². The molecule has 43 heavy (non-hydrogen) atoms. The molecule has 0 spiro atoms. The highest BCUT2D eigenvalue weighted by Gasteiger charge is 2.46. The summed E-state index contributed by atoms with van der Waals surface area (Å²) >= 11 is 0. The first kappa shape index (κ1) is 30.0. The van der Waals surface area contributed by atoms with Crippen molar-refractivity contribution in [1.29, 1.82) is 0 Å². The molecule has 0 saturated carbocycles. The summed E-state index contributed by atoms with van der Waals surface area (Å²) in [7, 11) is 0. The van der Waals surface area contributed by atoms with Crippen LogP contribution in [-0.4, -0.2) is 66.5 Å². The smallest absolute Gasteiger partial charge is 0.335 e. The summed E-state index contributed by atoms with van der Waals surface area (Å²) < 4.78 is 0. The van der Waals surface area contributed by atoms with E-state index in [1.54, 1.807) is 34.1 Å². The van der Waals surface area contributed by atoms with E-state index in [0.29, 0.717) is 18.4 Å². The minimum atomic E-state index is -1.27. The molecule has 1 fully saturated rings. The third-order valence-corrected chi connectivity index (χ3v) is 8.12. The fraction of sp³-hybridized carbons (Fsp3) is 0.257. The number of carboxylic acids is 1. The molecule has 0 radical (unpaired) electrons. The minimum Gasteiger partial charge on any atom is -0.478 e. The molecule has 0 aliphatic carbocycles. The van der Waals surface area contributed by atoms with Gasteiger partial charge >= 0.3 is 12.0 Å². The Bertz CT molecular complexity index is 1500. The zero-order valence-corrected chi connectivity index (χ0v) is 23.7. The number of carbonyl (C=O) groups is 2. The highest BCUT2D eigenvalue weighted by molar-refractivity contribution is 5.87. The Morgan fingerprint density at radius 1 is 0.581 bits per heavy atom.